The molecule has 1 unspecified atom stereocenters. The van der Waals surface area contributed by atoms with E-state index in [1.165, 1.54) is 0 Å². The Morgan fingerprint density at radius 2 is 1.95 bits per heavy atom. The molecule has 1 atom stereocenters. The average molecular weight is 370 g/mol. The van der Waals surface area contributed by atoms with Crippen molar-refractivity contribution in [2.45, 2.75) is 11.8 Å². The molecule has 0 radical (unpaired) electrons. The van der Waals surface area contributed by atoms with Crippen molar-refractivity contribution in [3.05, 3.63) is 51.9 Å². The quantitative estimate of drug-likeness (QED) is 0.752. The third-order valence-corrected chi connectivity index (χ3v) is 3.68. The Balaban J connectivity index is 0.00000242. The van der Waals surface area contributed by atoms with E-state index < -0.39 is 12.0 Å². The molecule has 8 heteroatoms. The molecular formula is C14H14Cl2NNaO3S. The van der Waals surface area contributed by atoms with Gasteiger partial charge in [0, 0.05) is 15.7 Å². The zero-order valence-corrected chi connectivity index (χ0v) is 13.4. The third kappa shape index (κ3) is 5.41. The monoisotopic (exact) mass is 369 g/mol. The third-order valence-electron chi connectivity index (χ3n) is 2.67. The predicted octanol–water partition coefficient (Wildman–Crippen LogP) is 4.04. The van der Waals surface area contributed by atoms with Crippen molar-refractivity contribution < 1.29 is 14.3 Å². The van der Waals surface area contributed by atoms with E-state index in [2.05, 4.69) is 5.32 Å². The fourth-order valence-corrected chi connectivity index (χ4v) is 2.79. The number of furan rings is 1. The normalized spacial score (nSPS) is 11.6. The molecule has 1 heterocycles. The van der Waals surface area contributed by atoms with E-state index in [-0.39, 0.29) is 29.6 Å². The van der Waals surface area contributed by atoms with E-state index in [9.17, 15) is 9.90 Å². The molecule has 0 spiro atoms. The minimum absolute atomic E-state index is 0. The summed E-state index contributed by atoms with van der Waals surface area (Å²) in [6, 6.07) is 7.21. The number of halogens is 2. The van der Waals surface area contributed by atoms with E-state index in [0.717, 1.165) is 5.76 Å². The van der Waals surface area contributed by atoms with Crippen LogP contribution in [-0.2, 0) is 10.5 Å². The summed E-state index contributed by atoms with van der Waals surface area (Å²) in [6.45, 7) is 0. The van der Waals surface area contributed by atoms with Gasteiger partial charge in [0.2, 0.25) is 0 Å². The molecule has 0 aliphatic rings. The molecule has 0 fully saturated rings. The van der Waals surface area contributed by atoms with Gasteiger partial charge in [-0.15, -0.1) is 0 Å². The number of thioether (sulfide) groups is 1. The summed E-state index contributed by atoms with van der Waals surface area (Å²) in [4.78, 5) is 11.4. The van der Waals surface area contributed by atoms with Gasteiger partial charge in [-0.1, -0.05) is 23.2 Å². The molecule has 1 aromatic carbocycles. The molecule has 0 saturated carbocycles. The number of carbonyl (C=O) groups is 1. The fourth-order valence-electron chi connectivity index (χ4n) is 1.83. The number of hydrogen-bond donors (Lipinski definition) is 2. The van der Waals surface area contributed by atoms with Gasteiger partial charge in [0.05, 0.1) is 5.75 Å². The predicted molar refractivity (Wildman–Crippen MR) is 93.5 cm³/mol. The number of carboxylic acids is 1. The van der Waals surface area contributed by atoms with E-state index >= 15 is 0 Å². The van der Waals surface area contributed by atoms with Gasteiger partial charge in [0.25, 0.3) is 0 Å². The van der Waals surface area contributed by atoms with Crippen LogP contribution in [0.4, 0.5) is 5.69 Å². The molecule has 1 aromatic heterocycles. The number of carboxylic acid groups (broad SMARTS) is 1. The molecule has 0 aliphatic carbocycles. The Kier molecular flexibility index (Phi) is 8.17. The number of nitrogens with one attached hydrogen (secondary N) is 1. The molecule has 0 bridgehead atoms. The van der Waals surface area contributed by atoms with Gasteiger partial charge >= 0.3 is 35.5 Å². The molecule has 0 amide bonds. The van der Waals surface area contributed by atoms with Crippen LogP contribution in [0.3, 0.4) is 0 Å². The van der Waals surface area contributed by atoms with Crippen LogP contribution in [-0.4, -0.2) is 46.9 Å². The first kappa shape index (κ1) is 19.7. The van der Waals surface area contributed by atoms with Crippen LogP contribution in [0, 0.1) is 0 Å². The van der Waals surface area contributed by atoms with Gasteiger partial charge in [-0.05, 0) is 36.6 Å². The molecular weight excluding hydrogens is 356 g/mol. The molecule has 2 rings (SSSR count). The van der Waals surface area contributed by atoms with Crippen molar-refractivity contribution in [2.24, 2.45) is 0 Å². The maximum absolute atomic E-state index is 11.4. The van der Waals surface area contributed by atoms with Gasteiger partial charge in [-0.2, -0.15) is 11.8 Å². The van der Waals surface area contributed by atoms with Crippen molar-refractivity contribution in [3.63, 3.8) is 0 Å². The number of rotatable bonds is 6. The van der Waals surface area contributed by atoms with E-state index in [4.69, 9.17) is 27.6 Å². The van der Waals surface area contributed by atoms with Crippen LogP contribution in [0.2, 0.25) is 10.0 Å². The standard InChI is InChI=1S/C14H13Cl2NO3S.Na.H/c1-21-7-11-2-3-12(20-11)13(14(18)19)17-10-5-8(15)4-9(16)6-10;;/h2-6,13,17H,7H2,1H3,(H,18,19);;. The summed E-state index contributed by atoms with van der Waals surface area (Å²) in [5.74, 6) is 0.712. The Labute approximate surface area is 164 Å². The number of benzene rings is 1. The zero-order valence-electron chi connectivity index (χ0n) is 11.1. The Bertz CT molecular complexity index is 631. The van der Waals surface area contributed by atoms with Gasteiger partial charge in [-0.3, -0.25) is 0 Å². The average Bonchev–Trinajstić information content (AvgIpc) is 2.83. The first-order valence-corrected chi connectivity index (χ1v) is 8.17. The SMILES string of the molecule is CSCc1ccc(C(Nc2cc(Cl)cc(Cl)c2)C(=O)O)o1.[NaH]. The number of anilines is 1. The van der Waals surface area contributed by atoms with Gasteiger partial charge in [-0.25, -0.2) is 4.79 Å². The Morgan fingerprint density at radius 3 is 2.50 bits per heavy atom. The van der Waals surface area contributed by atoms with Crippen LogP contribution in [0.15, 0.2) is 34.7 Å². The number of hydrogen-bond acceptors (Lipinski definition) is 4. The van der Waals surface area contributed by atoms with Crippen molar-refractivity contribution in [3.8, 4) is 0 Å². The van der Waals surface area contributed by atoms with Crippen molar-refractivity contribution in [2.75, 3.05) is 11.6 Å². The molecule has 4 nitrogen and oxygen atoms in total. The summed E-state index contributed by atoms with van der Waals surface area (Å²) in [5, 5.41) is 13.1. The topological polar surface area (TPSA) is 62.5 Å². The second kappa shape index (κ2) is 9.11. The van der Waals surface area contributed by atoms with Crippen LogP contribution in [0.5, 0.6) is 0 Å². The van der Waals surface area contributed by atoms with E-state index in [1.807, 2.05) is 6.26 Å². The summed E-state index contributed by atoms with van der Waals surface area (Å²) < 4.78 is 5.55. The second-order valence-electron chi connectivity index (χ2n) is 4.31. The summed E-state index contributed by atoms with van der Waals surface area (Å²) >= 11 is 13.4. The van der Waals surface area contributed by atoms with Gasteiger partial charge in [0.15, 0.2) is 6.04 Å². The molecule has 2 aromatic rings. The summed E-state index contributed by atoms with van der Waals surface area (Å²) in [5.41, 5.74) is 0.516. The van der Waals surface area contributed by atoms with Crippen LogP contribution >= 0.6 is 35.0 Å². The maximum atomic E-state index is 11.4. The number of aliphatic carboxylic acids is 1. The van der Waals surface area contributed by atoms with Crippen LogP contribution in [0.1, 0.15) is 17.6 Å². The summed E-state index contributed by atoms with van der Waals surface area (Å²) in [7, 11) is 0. The molecule has 114 valence electrons. The van der Waals surface area contributed by atoms with E-state index in [0.29, 0.717) is 27.2 Å². The van der Waals surface area contributed by atoms with Crippen molar-refractivity contribution in [1.29, 1.82) is 0 Å². The van der Waals surface area contributed by atoms with Crippen LogP contribution in [0.25, 0.3) is 0 Å². The molecule has 2 N–H and O–H groups in total. The van der Waals surface area contributed by atoms with Gasteiger partial charge in [0.1, 0.15) is 11.5 Å². The van der Waals surface area contributed by atoms with Crippen molar-refractivity contribution in [1.82, 2.24) is 0 Å². The summed E-state index contributed by atoms with van der Waals surface area (Å²) in [6.07, 6.45) is 1.95. The van der Waals surface area contributed by atoms with Crippen LogP contribution < -0.4 is 5.32 Å². The zero-order chi connectivity index (χ0) is 15.4. The molecule has 0 saturated heterocycles. The molecule has 0 aliphatic heterocycles. The first-order valence-electron chi connectivity index (χ1n) is 6.02. The van der Waals surface area contributed by atoms with E-state index in [1.54, 1.807) is 42.1 Å². The first-order chi connectivity index (χ1) is 9.99. The second-order valence-corrected chi connectivity index (χ2v) is 6.05. The Morgan fingerprint density at radius 1 is 1.32 bits per heavy atom. The Hall–Kier alpha value is -0.300. The minimum atomic E-state index is -1.05. The van der Waals surface area contributed by atoms with Gasteiger partial charge < -0.3 is 14.8 Å². The molecule has 22 heavy (non-hydrogen) atoms. The van der Waals surface area contributed by atoms with Crippen molar-refractivity contribution >= 4 is 76.2 Å². The fraction of sp³-hybridized carbons (Fsp3) is 0.214.